The van der Waals surface area contributed by atoms with Crippen molar-refractivity contribution < 1.29 is 23.1 Å². The molecule has 37 heavy (non-hydrogen) atoms. The van der Waals surface area contributed by atoms with Crippen LogP contribution in [0.3, 0.4) is 0 Å². The molecule has 4 heterocycles. The Labute approximate surface area is 214 Å². The summed E-state index contributed by atoms with van der Waals surface area (Å²) in [5.74, 6) is -3.36. The summed E-state index contributed by atoms with van der Waals surface area (Å²) >= 11 is 6.00. The third-order valence-corrected chi connectivity index (χ3v) is 5.49. The summed E-state index contributed by atoms with van der Waals surface area (Å²) in [6.07, 6.45) is 5.23. The number of carbonyl (C=O) groups excluding carboxylic acids is 1. The number of amides is 1. The third-order valence-electron chi connectivity index (χ3n) is 5.29. The van der Waals surface area contributed by atoms with Crippen LogP contribution in [-0.2, 0) is 6.54 Å². The number of nitrogens with one attached hydrogen (secondary N) is 2. The van der Waals surface area contributed by atoms with Crippen molar-refractivity contribution in [1.29, 1.82) is 0 Å². The van der Waals surface area contributed by atoms with Gasteiger partial charge in [-0.05, 0) is 19.9 Å². The van der Waals surface area contributed by atoms with Gasteiger partial charge in [0.1, 0.15) is 12.7 Å². The Morgan fingerprint density at radius 3 is 2.59 bits per heavy atom. The molecule has 1 amide bonds. The van der Waals surface area contributed by atoms with Crippen LogP contribution in [0.2, 0.25) is 5.02 Å². The molecule has 14 heteroatoms. The molecular formula is C23H24ClF3N8O2. The van der Waals surface area contributed by atoms with Gasteiger partial charge in [0.05, 0.1) is 46.5 Å². The lowest BCUT2D eigenvalue weighted by Gasteiger charge is -2.22. The fourth-order valence-corrected chi connectivity index (χ4v) is 3.55. The van der Waals surface area contributed by atoms with E-state index in [1.807, 2.05) is 0 Å². The van der Waals surface area contributed by atoms with Crippen LogP contribution in [0, 0.1) is 0 Å². The van der Waals surface area contributed by atoms with Crippen molar-refractivity contribution in [2.24, 2.45) is 0 Å². The smallest absolute Gasteiger partial charge is 0.264 e. The highest BCUT2D eigenvalue weighted by molar-refractivity contribution is 6.31. The summed E-state index contributed by atoms with van der Waals surface area (Å²) in [4.78, 5) is 21.5. The van der Waals surface area contributed by atoms with Gasteiger partial charge in [-0.3, -0.25) is 9.48 Å². The van der Waals surface area contributed by atoms with E-state index in [1.165, 1.54) is 49.4 Å². The molecule has 0 radical (unpaired) electrons. The molecule has 4 aromatic heterocycles. The maximum atomic E-state index is 14.2. The second-order valence-electron chi connectivity index (χ2n) is 9.16. The van der Waals surface area contributed by atoms with Gasteiger partial charge < -0.3 is 15.7 Å². The molecule has 0 fully saturated rings. The van der Waals surface area contributed by atoms with Gasteiger partial charge in [0.2, 0.25) is 0 Å². The van der Waals surface area contributed by atoms with Crippen molar-refractivity contribution in [3.05, 3.63) is 53.7 Å². The summed E-state index contributed by atoms with van der Waals surface area (Å²) in [5, 5.41) is 24.5. The molecule has 10 nitrogen and oxygen atoms in total. The van der Waals surface area contributed by atoms with Gasteiger partial charge in [-0.15, -0.1) is 0 Å². The number of alkyl halides is 3. The first-order valence-corrected chi connectivity index (χ1v) is 11.5. The van der Waals surface area contributed by atoms with Crippen LogP contribution in [0.15, 0.2) is 43.1 Å². The van der Waals surface area contributed by atoms with E-state index in [0.717, 1.165) is 11.6 Å². The molecule has 1 unspecified atom stereocenters. The number of pyridine rings is 2. The van der Waals surface area contributed by atoms with Crippen molar-refractivity contribution in [2.45, 2.75) is 45.0 Å². The van der Waals surface area contributed by atoms with Gasteiger partial charge in [-0.25, -0.2) is 23.1 Å². The largest absolute Gasteiger partial charge is 0.387 e. The molecule has 1 atom stereocenters. The maximum Gasteiger partial charge on any atom is 0.264 e. The molecule has 0 aromatic carbocycles. The van der Waals surface area contributed by atoms with Gasteiger partial charge in [0.15, 0.2) is 11.5 Å². The zero-order valence-corrected chi connectivity index (χ0v) is 20.8. The fraction of sp³-hybridized carbons (Fsp3) is 0.348. The Morgan fingerprint density at radius 2 is 1.89 bits per heavy atom. The number of aromatic nitrogens is 6. The lowest BCUT2D eigenvalue weighted by Crippen LogP contribution is -2.42. The van der Waals surface area contributed by atoms with Crippen molar-refractivity contribution in [2.75, 3.05) is 11.9 Å². The number of hydrogen-bond donors (Lipinski definition) is 3. The average Bonchev–Trinajstić information content (AvgIpc) is 3.41. The van der Waals surface area contributed by atoms with Crippen molar-refractivity contribution >= 4 is 39.9 Å². The van der Waals surface area contributed by atoms with E-state index in [9.17, 15) is 23.1 Å². The predicted octanol–water partition coefficient (Wildman–Crippen LogP) is 3.90. The van der Waals surface area contributed by atoms with Crippen LogP contribution in [0.25, 0.3) is 16.9 Å². The van der Waals surface area contributed by atoms with Gasteiger partial charge in [-0.2, -0.15) is 14.9 Å². The van der Waals surface area contributed by atoms with Crippen LogP contribution in [0.1, 0.15) is 31.1 Å². The summed E-state index contributed by atoms with van der Waals surface area (Å²) in [5.41, 5.74) is -0.605. The number of nitrogens with zero attached hydrogens (tertiary/aromatic N) is 6. The lowest BCUT2D eigenvalue weighted by molar-refractivity contribution is -0.00187. The maximum absolute atomic E-state index is 14.2. The van der Waals surface area contributed by atoms with E-state index in [2.05, 4.69) is 30.8 Å². The first-order valence-electron chi connectivity index (χ1n) is 11.1. The standard InChI is InChI=1S/C23H24ClF3N8O2/c1-22(2,37)18(25)10-30-21(36)16-9-28-19(35-20-13(6-32-35)4-14(24)7-29-20)5-17(16)33-15-8-31-34(11-15)12-23(3,26)27/h4-9,11,18,37H,10,12H2,1-3H3,(H,28,33)(H,30,36). The van der Waals surface area contributed by atoms with E-state index in [-0.39, 0.29) is 17.1 Å². The van der Waals surface area contributed by atoms with E-state index in [4.69, 9.17) is 11.6 Å². The minimum Gasteiger partial charge on any atom is -0.387 e. The molecule has 196 valence electrons. The Kier molecular flexibility index (Phi) is 7.11. The minimum absolute atomic E-state index is 0.0349. The normalized spacial score (nSPS) is 13.1. The minimum atomic E-state index is -2.97. The van der Waals surface area contributed by atoms with Gasteiger partial charge >= 0.3 is 0 Å². The number of hydrogen-bond acceptors (Lipinski definition) is 7. The summed E-state index contributed by atoms with van der Waals surface area (Å²) in [7, 11) is 0. The van der Waals surface area contributed by atoms with Gasteiger partial charge in [0.25, 0.3) is 11.8 Å². The summed E-state index contributed by atoms with van der Waals surface area (Å²) < 4.78 is 43.5. The Balaban J connectivity index is 1.68. The highest BCUT2D eigenvalue weighted by atomic mass is 35.5. The van der Waals surface area contributed by atoms with Crippen LogP contribution >= 0.6 is 11.6 Å². The molecule has 0 saturated carbocycles. The van der Waals surface area contributed by atoms with Crippen molar-refractivity contribution in [1.82, 2.24) is 34.8 Å². The molecule has 0 spiro atoms. The molecule has 0 aliphatic rings. The van der Waals surface area contributed by atoms with Crippen LogP contribution in [0.4, 0.5) is 24.5 Å². The predicted molar refractivity (Wildman–Crippen MR) is 131 cm³/mol. The fourth-order valence-electron chi connectivity index (χ4n) is 3.39. The number of halogens is 4. The quantitative estimate of drug-likeness (QED) is 0.296. The number of carbonyl (C=O) groups is 1. The third kappa shape index (κ3) is 6.35. The molecule has 3 N–H and O–H groups in total. The van der Waals surface area contributed by atoms with Crippen LogP contribution < -0.4 is 10.6 Å². The first-order chi connectivity index (χ1) is 17.3. The second kappa shape index (κ2) is 9.98. The zero-order chi connectivity index (χ0) is 27.0. The zero-order valence-electron chi connectivity index (χ0n) is 20.1. The van der Waals surface area contributed by atoms with Crippen molar-refractivity contribution in [3.63, 3.8) is 0 Å². The molecule has 0 saturated heterocycles. The first kappa shape index (κ1) is 26.4. The monoisotopic (exact) mass is 536 g/mol. The van der Waals surface area contributed by atoms with E-state index >= 15 is 0 Å². The Hall–Kier alpha value is -3.71. The van der Waals surface area contributed by atoms with Gasteiger partial charge in [-0.1, -0.05) is 11.6 Å². The summed E-state index contributed by atoms with van der Waals surface area (Å²) in [6.45, 7) is 2.29. The molecule has 0 aliphatic carbocycles. The number of rotatable bonds is 9. The van der Waals surface area contributed by atoms with Gasteiger partial charge in [0, 0.05) is 37.0 Å². The number of aliphatic hydroxyl groups is 1. The molecule has 4 aromatic rings. The van der Waals surface area contributed by atoms with Crippen LogP contribution in [-0.4, -0.2) is 64.8 Å². The SMILES string of the molecule is CC(F)(F)Cn1cc(Nc2cc(-n3ncc4cc(Cl)cnc43)ncc2C(=O)NCC(F)C(C)(C)O)cn1. The van der Waals surface area contributed by atoms with Crippen molar-refractivity contribution in [3.8, 4) is 5.82 Å². The van der Waals surface area contributed by atoms with E-state index in [1.54, 1.807) is 12.3 Å². The van der Waals surface area contributed by atoms with E-state index in [0.29, 0.717) is 21.7 Å². The Bertz CT molecular complexity index is 1430. The van der Waals surface area contributed by atoms with E-state index < -0.39 is 36.7 Å². The highest BCUT2D eigenvalue weighted by Gasteiger charge is 2.27. The second-order valence-corrected chi connectivity index (χ2v) is 9.60. The highest BCUT2D eigenvalue weighted by Crippen LogP contribution is 2.26. The average molecular weight is 537 g/mol. The van der Waals surface area contributed by atoms with Crippen LogP contribution in [0.5, 0.6) is 0 Å². The number of anilines is 2. The number of fused-ring (bicyclic) bond motifs is 1. The molecular weight excluding hydrogens is 513 g/mol. The molecule has 4 rings (SSSR count). The topological polar surface area (TPSA) is 123 Å². The lowest BCUT2D eigenvalue weighted by atomic mass is 10.0. The Morgan fingerprint density at radius 1 is 1.14 bits per heavy atom. The summed E-state index contributed by atoms with van der Waals surface area (Å²) in [6, 6.07) is 3.19. The molecule has 0 aliphatic heterocycles. The molecule has 0 bridgehead atoms.